The minimum Gasteiger partial charge on any atom is -0.312 e. The van der Waals surface area contributed by atoms with Gasteiger partial charge >= 0.3 is 0 Å². The summed E-state index contributed by atoms with van der Waals surface area (Å²) >= 11 is 6.03. The molecule has 1 aromatic rings. The minimum atomic E-state index is 0.749. The van der Waals surface area contributed by atoms with E-state index in [2.05, 4.69) is 22.2 Å². The van der Waals surface area contributed by atoms with E-state index < -0.39 is 0 Å². The van der Waals surface area contributed by atoms with Gasteiger partial charge in [0.05, 0.1) is 5.02 Å². The summed E-state index contributed by atoms with van der Waals surface area (Å²) in [5.74, 6) is 0.783. The first kappa shape index (κ1) is 11.8. The van der Waals surface area contributed by atoms with E-state index in [4.69, 9.17) is 11.6 Å². The highest BCUT2D eigenvalue weighted by Crippen LogP contribution is 2.15. The van der Waals surface area contributed by atoms with Gasteiger partial charge in [0.1, 0.15) is 0 Å². The van der Waals surface area contributed by atoms with Gasteiger partial charge in [-0.2, -0.15) is 0 Å². The molecule has 2 rings (SSSR count). The van der Waals surface area contributed by atoms with Gasteiger partial charge in [0.2, 0.25) is 0 Å². The smallest absolute Gasteiger partial charge is 0.0634 e. The average Bonchev–Trinajstić information content (AvgIpc) is 2.67. The second-order valence-corrected chi connectivity index (χ2v) is 4.92. The van der Waals surface area contributed by atoms with Crippen molar-refractivity contribution in [1.82, 2.24) is 15.2 Å². The van der Waals surface area contributed by atoms with Gasteiger partial charge in [0, 0.05) is 25.5 Å². The maximum absolute atomic E-state index is 6.03. The van der Waals surface area contributed by atoms with E-state index in [0.29, 0.717) is 0 Å². The summed E-state index contributed by atoms with van der Waals surface area (Å²) in [6, 6.07) is 1.97. The Bertz CT molecular complexity index is 343. The van der Waals surface area contributed by atoms with Gasteiger partial charge in [-0.1, -0.05) is 11.6 Å². The first-order valence-corrected chi connectivity index (χ1v) is 6.11. The first-order chi connectivity index (χ1) is 7.75. The summed E-state index contributed by atoms with van der Waals surface area (Å²) in [4.78, 5) is 6.35. The molecule has 88 valence electrons. The van der Waals surface area contributed by atoms with Crippen LogP contribution in [0.1, 0.15) is 12.0 Å². The fourth-order valence-corrected chi connectivity index (χ4v) is 2.34. The molecule has 2 heterocycles. The van der Waals surface area contributed by atoms with Crippen LogP contribution in [-0.2, 0) is 6.54 Å². The van der Waals surface area contributed by atoms with Crippen molar-refractivity contribution in [2.75, 3.05) is 26.7 Å². The average molecular weight is 240 g/mol. The van der Waals surface area contributed by atoms with Crippen molar-refractivity contribution in [2.24, 2.45) is 5.92 Å². The molecular weight excluding hydrogens is 222 g/mol. The fraction of sp³-hybridized carbons (Fsp3) is 0.583. The van der Waals surface area contributed by atoms with Gasteiger partial charge < -0.3 is 10.2 Å². The highest BCUT2D eigenvalue weighted by Gasteiger charge is 2.18. The van der Waals surface area contributed by atoms with E-state index in [9.17, 15) is 0 Å². The van der Waals surface area contributed by atoms with Crippen LogP contribution in [0.5, 0.6) is 0 Å². The number of pyridine rings is 1. The Hall–Kier alpha value is -0.640. The third kappa shape index (κ3) is 3.17. The monoisotopic (exact) mass is 239 g/mol. The number of aromatic nitrogens is 1. The molecule has 1 aliphatic rings. The van der Waals surface area contributed by atoms with Gasteiger partial charge in [-0.05, 0) is 44.1 Å². The summed E-state index contributed by atoms with van der Waals surface area (Å²) in [7, 11) is 2.18. The predicted octanol–water partition coefficient (Wildman–Crippen LogP) is 1.78. The Labute approximate surface area is 102 Å². The van der Waals surface area contributed by atoms with Crippen LogP contribution in [0.2, 0.25) is 5.02 Å². The molecule has 3 nitrogen and oxygen atoms in total. The van der Waals surface area contributed by atoms with E-state index in [0.717, 1.165) is 29.6 Å². The minimum absolute atomic E-state index is 0.749. The SMILES string of the molecule is CN1CCC(CNCc2ccncc2Cl)C1. The Morgan fingerprint density at radius 2 is 2.50 bits per heavy atom. The summed E-state index contributed by atoms with van der Waals surface area (Å²) < 4.78 is 0. The van der Waals surface area contributed by atoms with Gasteiger partial charge in [0.25, 0.3) is 0 Å². The van der Waals surface area contributed by atoms with Gasteiger partial charge in [0.15, 0.2) is 0 Å². The molecule has 0 spiro atoms. The van der Waals surface area contributed by atoms with E-state index in [1.54, 1.807) is 12.4 Å². The molecule has 16 heavy (non-hydrogen) atoms. The second-order valence-electron chi connectivity index (χ2n) is 4.51. The van der Waals surface area contributed by atoms with Crippen LogP contribution < -0.4 is 5.32 Å². The Morgan fingerprint density at radius 1 is 1.62 bits per heavy atom. The van der Waals surface area contributed by atoms with Crippen molar-refractivity contribution >= 4 is 11.6 Å². The summed E-state index contributed by atoms with van der Waals surface area (Å²) in [6.07, 6.45) is 4.78. The van der Waals surface area contributed by atoms with Crippen molar-refractivity contribution < 1.29 is 0 Å². The van der Waals surface area contributed by atoms with Crippen LogP contribution in [0.15, 0.2) is 18.5 Å². The van der Waals surface area contributed by atoms with E-state index >= 15 is 0 Å². The number of hydrogen-bond donors (Lipinski definition) is 1. The molecule has 1 saturated heterocycles. The number of nitrogens with zero attached hydrogens (tertiary/aromatic N) is 2. The molecule has 1 fully saturated rings. The van der Waals surface area contributed by atoms with Crippen molar-refractivity contribution in [3.8, 4) is 0 Å². The zero-order valence-corrected chi connectivity index (χ0v) is 10.4. The van der Waals surface area contributed by atoms with E-state index in [-0.39, 0.29) is 0 Å². The molecule has 0 aromatic carbocycles. The normalized spacial score (nSPS) is 21.5. The van der Waals surface area contributed by atoms with E-state index in [1.807, 2.05) is 6.07 Å². The summed E-state index contributed by atoms with van der Waals surface area (Å²) in [5.41, 5.74) is 1.13. The molecule has 4 heteroatoms. The van der Waals surface area contributed by atoms with Crippen molar-refractivity contribution in [1.29, 1.82) is 0 Å². The van der Waals surface area contributed by atoms with Gasteiger partial charge in [-0.15, -0.1) is 0 Å². The summed E-state index contributed by atoms with van der Waals surface area (Å²) in [6.45, 7) is 4.34. The highest BCUT2D eigenvalue weighted by molar-refractivity contribution is 6.31. The Morgan fingerprint density at radius 3 is 3.19 bits per heavy atom. The zero-order valence-electron chi connectivity index (χ0n) is 9.62. The van der Waals surface area contributed by atoms with Crippen LogP contribution >= 0.6 is 11.6 Å². The largest absolute Gasteiger partial charge is 0.312 e. The molecule has 1 aliphatic heterocycles. The number of hydrogen-bond acceptors (Lipinski definition) is 3. The van der Waals surface area contributed by atoms with Crippen LogP contribution in [-0.4, -0.2) is 36.6 Å². The Kier molecular flexibility index (Phi) is 4.16. The standard InChI is InChI=1S/C12H18ClN3/c1-16-5-3-10(9-16)6-15-7-11-2-4-14-8-12(11)13/h2,4,8,10,15H,3,5-7,9H2,1H3. The Balaban J connectivity index is 1.74. The zero-order chi connectivity index (χ0) is 11.4. The van der Waals surface area contributed by atoms with Gasteiger partial charge in [-0.25, -0.2) is 0 Å². The quantitative estimate of drug-likeness (QED) is 0.868. The van der Waals surface area contributed by atoms with Crippen LogP contribution in [0.25, 0.3) is 0 Å². The molecule has 0 bridgehead atoms. The summed E-state index contributed by atoms with van der Waals surface area (Å²) in [5, 5.41) is 4.21. The number of halogens is 1. The molecule has 1 unspecified atom stereocenters. The van der Waals surface area contributed by atoms with Crippen LogP contribution in [0.3, 0.4) is 0 Å². The molecule has 1 atom stereocenters. The van der Waals surface area contributed by atoms with Crippen LogP contribution in [0.4, 0.5) is 0 Å². The molecule has 1 N–H and O–H groups in total. The van der Waals surface area contributed by atoms with Gasteiger partial charge in [-0.3, -0.25) is 4.98 Å². The highest BCUT2D eigenvalue weighted by atomic mass is 35.5. The van der Waals surface area contributed by atoms with Crippen molar-refractivity contribution in [3.05, 3.63) is 29.0 Å². The van der Waals surface area contributed by atoms with E-state index in [1.165, 1.54) is 19.5 Å². The third-order valence-electron chi connectivity index (χ3n) is 3.09. The lowest BCUT2D eigenvalue weighted by Gasteiger charge is -2.12. The lowest BCUT2D eigenvalue weighted by Crippen LogP contribution is -2.24. The second kappa shape index (κ2) is 5.62. The topological polar surface area (TPSA) is 28.2 Å². The lowest BCUT2D eigenvalue weighted by molar-refractivity contribution is 0.388. The molecule has 0 radical (unpaired) electrons. The third-order valence-corrected chi connectivity index (χ3v) is 3.43. The molecule has 0 aliphatic carbocycles. The maximum atomic E-state index is 6.03. The fourth-order valence-electron chi connectivity index (χ4n) is 2.15. The molecule has 1 aromatic heterocycles. The predicted molar refractivity (Wildman–Crippen MR) is 66.6 cm³/mol. The molecule has 0 amide bonds. The van der Waals surface area contributed by atoms with Crippen molar-refractivity contribution in [2.45, 2.75) is 13.0 Å². The number of rotatable bonds is 4. The van der Waals surface area contributed by atoms with Crippen LogP contribution in [0, 0.1) is 5.92 Å². The first-order valence-electron chi connectivity index (χ1n) is 5.73. The molecular formula is C12H18ClN3. The number of likely N-dealkylation sites (tertiary alicyclic amines) is 1. The molecule has 0 saturated carbocycles. The van der Waals surface area contributed by atoms with Crippen molar-refractivity contribution in [3.63, 3.8) is 0 Å². The number of nitrogens with one attached hydrogen (secondary N) is 1. The lowest BCUT2D eigenvalue weighted by atomic mass is 10.1. The maximum Gasteiger partial charge on any atom is 0.0634 e.